The molecular weight excluding hydrogens is 376 g/mol. The first-order chi connectivity index (χ1) is 12.5. The van der Waals surface area contributed by atoms with Crippen LogP contribution in [0.1, 0.15) is 24.1 Å². The molecule has 0 atom stereocenters. The lowest BCUT2D eigenvalue weighted by Gasteiger charge is -2.25. The summed E-state index contributed by atoms with van der Waals surface area (Å²) in [6.07, 6.45) is 3.08. The van der Waals surface area contributed by atoms with Gasteiger partial charge in [0.05, 0.1) is 19.6 Å². The van der Waals surface area contributed by atoms with Gasteiger partial charge in [-0.25, -0.2) is 8.42 Å². The van der Waals surface area contributed by atoms with Crippen molar-refractivity contribution in [1.82, 2.24) is 9.21 Å². The van der Waals surface area contributed by atoms with Crippen LogP contribution in [0.25, 0.3) is 0 Å². The molecule has 0 saturated carbocycles. The van der Waals surface area contributed by atoms with E-state index in [-0.39, 0.29) is 12.3 Å². The van der Waals surface area contributed by atoms with E-state index in [4.69, 9.17) is 9.47 Å². The van der Waals surface area contributed by atoms with E-state index >= 15 is 0 Å². The number of hydrogen-bond donors (Lipinski definition) is 0. The Balaban J connectivity index is 2.02. The van der Waals surface area contributed by atoms with Crippen LogP contribution in [0.15, 0.2) is 16.3 Å². The summed E-state index contributed by atoms with van der Waals surface area (Å²) in [5.74, 6) is -0.0529. The molecule has 0 aromatic carbocycles. The zero-order valence-electron chi connectivity index (χ0n) is 15.5. The van der Waals surface area contributed by atoms with E-state index in [0.717, 1.165) is 24.1 Å². The van der Waals surface area contributed by atoms with Gasteiger partial charge in [-0.3, -0.25) is 4.79 Å². The van der Waals surface area contributed by atoms with Crippen LogP contribution in [0.2, 0.25) is 0 Å². The predicted molar refractivity (Wildman–Crippen MR) is 101 cm³/mol. The molecule has 0 unspecified atom stereocenters. The third-order valence-corrected chi connectivity index (χ3v) is 7.81. The van der Waals surface area contributed by atoms with Gasteiger partial charge in [0.15, 0.2) is 0 Å². The van der Waals surface area contributed by atoms with Crippen molar-refractivity contribution in [3.05, 3.63) is 17.0 Å². The summed E-state index contributed by atoms with van der Waals surface area (Å²) in [5.41, 5.74) is 0. The molecule has 0 bridgehead atoms. The van der Waals surface area contributed by atoms with Gasteiger partial charge in [0.2, 0.25) is 5.91 Å². The van der Waals surface area contributed by atoms with Crippen LogP contribution in [-0.4, -0.2) is 77.1 Å². The van der Waals surface area contributed by atoms with Gasteiger partial charge in [-0.05, 0) is 25.0 Å². The average Bonchev–Trinajstić information content (AvgIpc) is 3.12. The maximum Gasteiger partial charge on any atom is 0.252 e. The Hall–Kier alpha value is -1.00. The lowest BCUT2D eigenvalue weighted by atomic mass is 10.2. The van der Waals surface area contributed by atoms with Crippen LogP contribution in [0.3, 0.4) is 0 Å². The number of sulfonamides is 1. The first-order valence-corrected chi connectivity index (χ1v) is 11.1. The summed E-state index contributed by atoms with van der Waals surface area (Å²) in [6.45, 7) is 3.04. The van der Waals surface area contributed by atoms with Crippen LogP contribution < -0.4 is 0 Å². The molecule has 7 nitrogen and oxygen atoms in total. The van der Waals surface area contributed by atoms with E-state index in [1.165, 1.54) is 11.3 Å². The van der Waals surface area contributed by atoms with Crippen LogP contribution in [0.5, 0.6) is 0 Å². The quantitative estimate of drug-likeness (QED) is 0.592. The lowest BCUT2D eigenvalue weighted by molar-refractivity contribution is -0.131. The highest BCUT2D eigenvalue weighted by Crippen LogP contribution is 2.27. The third kappa shape index (κ3) is 5.75. The highest BCUT2D eigenvalue weighted by Gasteiger charge is 2.27. The summed E-state index contributed by atoms with van der Waals surface area (Å²) in [4.78, 5) is 15.0. The summed E-state index contributed by atoms with van der Waals surface area (Å²) >= 11 is 1.19. The number of hydrogen-bond acceptors (Lipinski definition) is 6. The Morgan fingerprint density at radius 3 is 2.31 bits per heavy atom. The van der Waals surface area contributed by atoms with E-state index in [1.807, 2.05) is 0 Å². The van der Waals surface area contributed by atoms with Gasteiger partial charge in [-0.15, -0.1) is 11.3 Å². The molecule has 0 radical (unpaired) electrons. The maximum atomic E-state index is 12.7. The summed E-state index contributed by atoms with van der Waals surface area (Å²) in [7, 11) is -0.252. The highest BCUT2D eigenvalue weighted by molar-refractivity contribution is 7.91. The smallest absolute Gasteiger partial charge is 0.252 e. The molecule has 9 heteroatoms. The van der Waals surface area contributed by atoms with Crippen molar-refractivity contribution in [3.63, 3.8) is 0 Å². The Kier molecular flexibility index (Phi) is 8.49. The molecule has 1 aromatic rings. The predicted octanol–water partition coefficient (Wildman–Crippen LogP) is 1.59. The van der Waals surface area contributed by atoms with Gasteiger partial charge in [-0.1, -0.05) is 6.42 Å². The van der Waals surface area contributed by atoms with E-state index < -0.39 is 10.0 Å². The van der Waals surface area contributed by atoms with E-state index in [9.17, 15) is 13.2 Å². The Bertz CT molecular complexity index is 660. The molecule has 148 valence electrons. The minimum absolute atomic E-state index is 0.0529. The molecule has 1 aliphatic rings. The molecule has 1 aromatic heterocycles. The van der Waals surface area contributed by atoms with E-state index in [0.29, 0.717) is 43.6 Å². The Labute approximate surface area is 159 Å². The first-order valence-electron chi connectivity index (χ1n) is 8.83. The molecule has 0 N–H and O–H groups in total. The minimum Gasteiger partial charge on any atom is -0.383 e. The van der Waals surface area contributed by atoms with Crippen molar-refractivity contribution in [2.75, 3.05) is 53.6 Å². The zero-order valence-corrected chi connectivity index (χ0v) is 17.1. The van der Waals surface area contributed by atoms with Gasteiger partial charge < -0.3 is 14.4 Å². The Morgan fingerprint density at radius 1 is 1.12 bits per heavy atom. The minimum atomic E-state index is -3.44. The summed E-state index contributed by atoms with van der Waals surface area (Å²) in [6, 6.07) is 3.36. The molecular formula is C17H28N2O5S2. The number of methoxy groups -OCH3 is 2. The number of ether oxygens (including phenoxy) is 2. The molecule has 1 amide bonds. The van der Waals surface area contributed by atoms with Gasteiger partial charge in [0, 0.05) is 45.3 Å². The normalized spacial score (nSPS) is 15.9. The monoisotopic (exact) mass is 404 g/mol. The van der Waals surface area contributed by atoms with Crippen molar-refractivity contribution in [3.8, 4) is 0 Å². The molecule has 1 aliphatic heterocycles. The molecule has 0 aliphatic carbocycles. The van der Waals surface area contributed by atoms with Gasteiger partial charge >= 0.3 is 0 Å². The van der Waals surface area contributed by atoms with Crippen LogP contribution in [-0.2, 0) is 30.7 Å². The molecule has 26 heavy (non-hydrogen) atoms. The number of piperidine rings is 1. The van der Waals surface area contributed by atoms with E-state index in [1.54, 1.807) is 35.6 Å². The fourth-order valence-electron chi connectivity index (χ4n) is 2.85. The van der Waals surface area contributed by atoms with Crippen LogP contribution >= 0.6 is 11.3 Å². The van der Waals surface area contributed by atoms with Gasteiger partial charge in [-0.2, -0.15) is 4.31 Å². The average molecular weight is 405 g/mol. The summed E-state index contributed by atoms with van der Waals surface area (Å²) in [5, 5.41) is 0. The fourth-order valence-corrected chi connectivity index (χ4v) is 5.87. The SMILES string of the molecule is COCCN(CCOC)C(=O)Cc1ccc(S(=O)(=O)N2CCCCC2)s1. The number of rotatable bonds is 10. The van der Waals surface area contributed by atoms with Crippen LogP contribution in [0.4, 0.5) is 0 Å². The molecule has 2 heterocycles. The van der Waals surface area contributed by atoms with Crippen molar-refractivity contribution in [1.29, 1.82) is 0 Å². The highest BCUT2D eigenvalue weighted by atomic mass is 32.2. The topological polar surface area (TPSA) is 76.1 Å². The van der Waals surface area contributed by atoms with E-state index in [2.05, 4.69) is 0 Å². The van der Waals surface area contributed by atoms with Crippen molar-refractivity contribution in [2.45, 2.75) is 29.9 Å². The number of carbonyl (C=O) groups excluding carboxylic acids is 1. The molecule has 2 rings (SSSR count). The lowest BCUT2D eigenvalue weighted by Crippen LogP contribution is -2.37. The van der Waals surface area contributed by atoms with Gasteiger partial charge in [0.1, 0.15) is 4.21 Å². The number of carbonyl (C=O) groups is 1. The number of nitrogens with zero attached hydrogens (tertiary/aromatic N) is 2. The van der Waals surface area contributed by atoms with Crippen molar-refractivity contribution >= 4 is 27.3 Å². The second-order valence-corrected chi connectivity index (χ2v) is 9.56. The molecule has 0 spiro atoms. The van der Waals surface area contributed by atoms with Crippen molar-refractivity contribution < 1.29 is 22.7 Å². The zero-order chi connectivity index (χ0) is 19.0. The third-order valence-electron chi connectivity index (χ3n) is 4.36. The Morgan fingerprint density at radius 2 is 1.73 bits per heavy atom. The van der Waals surface area contributed by atoms with Crippen molar-refractivity contribution in [2.24, 2.45) is 0 Å². The molecule has 1 saturated heterocycles. The molecule has 1 fully saturated rings. The maximum absolute atomic E-state index is 12.7. The second kappa shape index (κ2) is 10.4. The second-order valence-electron chi connectivity index (χ2n) is 6.23. The largest absolute Gasteiger partial charge is 0.383 e. The fraction of sp³-hybridized carbons (Fsp3) is 0.706. The number of amides is 1. The summed E-state index contributed by atoms with van der Waals surface area (Å²) < 4.78 is 37.4. The van der Waals surface area contributed by atoms with Gasteiger partial charge in [0.25, 0.3) is 10.0 Å². The number of thiophene rings is 1. The van der Waals surface area contributed by atoms with Crippen LogP contribution in [0, 0.1) is 0 Å². The first kappa shape index (κ1) is 21.3. The standard InChI is InChI=1S/C17H28N2O5S2/c1-23-12-10-18(11-13-24-2)16(20)14-15-6-7-17(25-15)26(21,22)19-8-4-3-5-9-19/h6-7H,3-5,8-14H2,1-2H3.